The summed E-state index contributed by atoms with van der Waals surface area (Å²) in [7, 11) is 3.36. The average molecular weight is 356 g/mol. The molecule has 6 heteroatoms. The number of nitrogens with two attached hydrogens (primary N) is 1. The van der Waals surface area contributed by atoms with Gasteiger partial charge in [-0.05, 0) is 30.5 Å². The highest BCUT2D eigenvalue weighted by Gasteiger charge is 2.24. The lowest BCUT2D eigenvalue weighted by atomic mass is 10.0. The Bertz CT molecular complexity index is 509. The number of nitrogens with one attached hydrogen (secondary N) is 1. The Morgan fingerprint density at radius 1 is 1.29 bits per heavy atom. The summed E-state index contributed by atoms with van der Waals surface area (Å²) in [4.78, 5) is 26.0. The molecule has 2 amide bonds. The van der Waals surface area contributed by atoms with Crippen LogP contribution >= 0.6 is 15.9 Å². The van der Waals surface area contributed by atoms with Crippen LogP contribution in [-0.4, -0.2) is 36.9 Å². The summed E-state index contributed by atoms with van der Waals surface area (Å²) in [6, 6.07) is 4.45. The van der Waals surface area contributed by atoms with Crippen LogP contribution < -0.4 is 11.1 Å². The summed E-state index contributed by atoms with van der Waals surface area (Å²) >= 11 is 3.30. The number of hydrogen-bond donors (Lipinski definition) is 2. The summed E-state index contributed by atoms with van der Waals surface area (Å²) < 4.78 is 0.729. The molecule has 5 nitrogen and oxygen atoms in total. The number of anilines is 1. The second-order valence-electron chi connectivity index (χ2n) is 5.66. The number of likely N-dealkylation sites (N-methyl/N-ethyl adjacent to an activating group) is 1. The fraction of sp³-hybridized carbons (Fsp3) is 0.467. The zero-order valence-corrected chi connectivity index (χ0v) is 14.4. The van der Waals surface area contributed by atoms with Gasteiger partial charge in [0.2, 0.25) is 5.91 Å². The topological polar surface area (TPSA) is 75.4 Å². The zero-order chi connectivity index (χ0) is 16.2. The van der Waals surface area contributed by atoms with Crippen molar-refractivity contribution in [1.82, 2.24) is 10.2 Å². The maximum Gasteiger partial charge on any atom is 0.252 e. The van der Waals surface area contributed by atoms with Crippen molar-refractivity contribution in [3.8, 4) is 0 Å². The summed E-state index contributed by atoms with van der Waals surface area (Å²) in [5.41, 5.74) is 6.66. The van der Waals surface area contributed by atoms with Crippen LogP contribution in [0.25, 0.3) is 0 Å². The van der Waals surface area contributed by atoms with Crippen molar-refractivity contribution in [2.75, 3.05) is 19.8 Å². The van der Waals surface area contributed by atoms with E-state index in [-0.39, 0.29) is 11.8 Å². The molecule has 1 unspecified atom stereocenters. The van der Waals surface area contributed by atoms with Crippen LogP contribution in [0, 0.1) is 5.92 Å². The average Bonchev–Trinajstić information content (AvgIpc) is 2.35. The molecule has 1 atom stereocenters. The molecule has 0 fully saturated rings. The summed E-state index contributed by atoms with van der Waals surface area (Å²) in [5, 5.41) is 2.79. The molecular weight excluding hydrogens is 334 g/mol. The first-order chi connectivity index (χ1) is 9.70. The molecule has 116 valence electrons. The van der Waals surface area contributed by atoms with E-state index in [0.717, 1.165) is 4.47 Å². The highest BCUT2D eigenvalue weighted by Crippen LogP contribution is 2.18. The van der Waals surface area contributed by atoms with Crippen LogP contribution in [0.4, 0.5) is 5.69 Å². The monoisotopic (exact) mass is 355 g/mol. The van der Waals surface area contributed by atoms with Gasteiger partial charge < -0.3 is 16.0 Å². The third kappa shape index (κ3) is 5.38. The minimum absolute atomic E-state index is 0.111. The number of hydrogen-bond acceptors (Lipinski definition) is 3. The summed E-state index contributed by atoms with van der Waals surface area (Å²) in [6.45, 7) is 4.03. The lowest BCUT2D eigenvalue weighted by molar-refractivity contribution is -0.131. The van der Waals surface area contributed by atoms with Crippen LogP contribution in [0.3, 0.4) is 0 Å². The van der Waals surface area contributed by atoms with E-state index < -0.39 is 6.04 Å². The first-order valence-electron chi connectivity index (χ1n) is 6.78. The third-order valence-corrected chi connectivity index (χ3v) is 3.39. The Kier molecular flexibility index (Phi) is 6.20. The molecule has 1 rings (SSSR count). The van der Waals surface area contributed by atoms with E-state index in [1.165, 1.54) is 4.90 Å². The Hall–Kier alpha value is -1.56. The summed E-state index contributed by atoms with van der Waals surface area (Å²) in [5.74, 6) is -0.115. The molecule has 0 aliphatic heterocycles. The molecule has 0 saturated heterocycles. The van der Waals surface area contributed by atoms with Gasteiger partial charge in [-0.15, -0.1) is 0 Å². The van der Waals surface area contributed by atoms with Crippen molar-refractivity contribution in [2.24, 2.45) is 5.92 Å². The molecule has 1 aromatic rings. The van der Waals surface area contributed by atoms with Crippen molar-refractivity contribution < 1.29 is 9.59 Å². The quantitative estimate of drug-likeness (QED) is 0.795. The van der Waals surface area contributed by atoms with Gasteiger partial charge in [0.15, 0.2) is 0 Å². The van der Waals surface area contributed by atoms with Crippen molar-refractivity contribution in [2.45, 2.75) is 26.3 Å². The van der Waals surface area contributed by atoms with E-state index in [1.54, 1.807) is 32.3 Å². The summed E-state index contributed by atoms with van der Waals surface area (Å²) in [6.07, 6.45) is 0.590. The van der Waals surface area contributed by atoms with E-state index in [9.17, 15) is 9.59 Å². The standard InChI is InChI=1S/C15H22BrN3O2/c1-9(2)5-13(15(21)19(3)4)18-14(20)10-6-11(16)8-12(17)7-10/h6-9,13H,5,17H2,1-4H3,(H,18,20). The van der Waals surface area contributed by atoms with Crippen LogP contribution in [0.5, 0.6) is 0 Å². The van der Waals surface area contributed by atoms with Crippen LogP contribution in [-0.2, 0) is 4.79 Å². The van der Waals surface area contributed by atoms with E-state index in [4.69, 9.17) is 5.73 Å². The minimum atomic E-state index is -0.535. The molecule has 21 heavy (non-hydrogen) atoms. The van der Waals surface area contributed by atoms with Gasteiger partial charge in [0.25, 0.3) is 5.91 Å². The van der Waals surface area contributed by atoms with Gasteiger partial charge in [0.05, 0.1) is 0 Å². The zero-order valence-electron chi connectivity index (χ0n) is 12.8. The Balaban J connectivity index is 2.91. The molecule has 0 radical (unpaired) electrons. The van der Waals surface area contributed by atoms with E-state index in [0.29, 0.717) is 23.6 Å². The van der Waals surface area contributed by atoms with Crippen molar-refractivity contribution in [3.63, 3.8) is 0 Å². The van der Waals surface area contributed by atoms with E-state index >= 15 is 0 Å². The number of nitrogens with zero attached hydrogens (tertiary/aromatic N) is 1. The predicted molar refractivity (Wildman–Crippen MR) is 88.0 cm³/mol. The minimum Gasteiger partial charge on any atom is -0.399 e. The lowest BCUT2D eigenvalue weighted by Gasteiger charge is -2.23. The van der Waals surface area contributed by atoms with Gasteiger partial charge in [-0.25, -0.2) is 0 Å². The van der Waals surface area contributed by atoms with Crippen molar-refractivity contribution >= 4 is 33.4 Å². The molecule has 0 aromatic heterocycles. The van der Waals surface area contributed by atoms with Gasteiger partial charge in [-0.1, -0.05) is 29.8 Å². The van der Waals surface area contributed by atoms with Crippen LogP contribution in [0.1, 0.15) is 30.6 Å². The van der Waals surface area contributed by atoms with Gasteiger partial charge >= 0.3 is 0 Å². The Morgan fingerprint density at radius 2 is 1.90 bits per heavy atom. The fourth-order valence-corrected chi connectivity index (χ4v) is 2.50. The first kappa shape index (κ1) is 17.5. The second-order valence-corrected chi connectivity index (χ2v) is 6.58. The van der Waals surface area contributed by atoms with Gasteiger partial charge in [-0.2, -0.15) is 0 Å². The highest BCUT2D eigenvalue weighted by atomic mass is 79.9. The van der Waals surface area contributed by atoms with E-state index in [1.807, 2.05) is 13.8 Å². The van der Waals surface area contributed by atoms with Gasteiger partial charge in [-0.3, -0.25) is 9.59 Å². The maximum absolute atomic E-state index is 12.3. The molecular formula is C15H22BrN3O2. The third-order valence-electron chi connectivity index (χ3n) is 2.93. The van der Waals surface area contributed by atoms with Crippen molar-refractivity contribution in [3.05, 3.63) is 28.2 Å². The fourth-order valence-electron chi connectivity index (χ4n) is 1.99. The molecule has 0 bridgehead atoms. The predicted octanol–water partition coefficient (Wildman–Crippen LogP) is 2.26. The smallest absolute Gasteiger partial charge is 0.252 e. The molecule has 0 saturated carbocycles. The van der Waals surface area contributed by atoms with Gasteiger partial charge in [0, 0.05) is 29.8 Å². The van der Waals surface area contributed by atoms with Crippen molar-refractivity contribution in [1.29, 1.82) is 0 Å². The maximum atomic E-state index is 12.3. The number of carbonyl (C=O) groups excluding carboxylic acids is 2. The Labute approximate surface area is 134 Å². The number of amides is 2. The van der Waals surface area contributed by atoms with E-state index in [2.05, 4.69) is 21.2 Å². The SMILES string of the molecule is CC(C)CC(NC(=O)c1cc(N)cc(Br)c1)C(=O)N(C)C. The molecule has 3 N–H and O–H groups in total. The van der Waals surface area contributed by atoms with Crippen LogP contribution in [0.2, 0.25) is 0 Å². The molecule has 0 heterocycles. The normalized spacial score (nSPS) is 12.1. The first-order valence-corrected chi connectivity index (χ1v) is 7.58. The van der Waals surface area contributed by atoms with Gasteiger partial charge in [0.1, 0.15) is 6.04 Å². The largest absolute Gasteiger partial charge is 0.399 e. The number of carbonyl (C=O) groups is 2. The number of nitrogen functional groups attached to an aromatic ring is 1. The number of halogens is 1. The molecule has 0 spiro atoms. The number of benzene rings is 1. The lowest BCUT2D eigenvalue weighted by Crippen LogP contribution is -2.46. The van der Waals surface area contributed by atoms with Crippen LogP contribution in [0.15, 0.2) is 22.7 Å². The molecule has 0 aliphatic carbocycles. The Morgan fingerprint density at radius 3 is 2.38 bits per heavy atom. The second kappa shape index (κ2) is 7.45. The molecule has 0 aliphatic rings. The highest BCUT2D eigenvalue weighted by molar-refractivity contribution is 9.10. The molecule has 1 aromatic carbocycles. The number of rotatable bonds is 5.